The average Bonchev–Trinajstić information content (AvgIpc) is 3.05. The summed E-state index contributed by atoms with van der Waals surface area (Å²) in [6.45, 7) is 3.99. The minimum atomic E-state index is -0.662. The standard InChI is InChI=1S/C18H30N2O3/c1-13-5-7-15(8-6-13)19(2)16(21)11-20-10-14-4-3-9-18(14,12-20)17(22)23/h13-15H,3-12H2,1-2H3,(H,22,23)/t13?,14-,15?,18+/m0/s1. The lowest BCUT2D eigenvalue weighted by atomic mass is 9.81. The number of fused-ring (bicyclic) bond motifs is 1. The zero-order chi connectivity index (χ0) is 16.6. The molecular weight excluding hydrogens is 292 g/mol. The summed E-state index contributed by atoms with van der Waals surface area (Å²) in [5.74, 6) is 0.506. The number of aliphatic carboxylic acids is 1. The lowest BCUT2D eigenvalue weighted by Crippen LogP contribution is -2.45. The highest BCUT2D eigenvalue weighted by atomic mass is 16.4. The summed E-state index contributed by atoms with van der Waals surface area (Å²) in [6.07, 6.45) is 7.39. The van der Waals surface area contributed by atoms with E-state index in [1.54, 1.807) is 0 Å². The summed E-state index contributed by atoms with van der Waals surface area (Å²) in [5, 5.41) is 9.64. The molecule has 0 bridgehead atoms. The molecule has 130 valence electrons. The number of likely N-dealkylation sites (N-methyl/N-ethyl adjacent to an activating group) is 1. The molecule has 0 unspecified atom stereocenters. The summed E-state index contributed by atoms with van der Waals surface area (Å²) in [5.41, 5.74) is -0.584. The Balaban J connectivity index is 1.56. The van der Waals surface area contributed by atoms with E-state index in [-0.39, 0.29) is 11.8 Å². The lowest BCUT2D eigenvalue weighted by molar-refractivity contribution is -0.149. The molecule has 1 heterocycles. The van der Waals surface area contributed by atoms with E-state index in [2.05, 4.69) is 11.8 Å². The van der Waals surface area contributed by atoms with Crippen molar-refractivity contribution in [2.75, 3.05) is 26.7 Å². The molecule has 5 nitrogen and oxygen atoms in total. The molecule has 0 spiro atoms. The van der Waals surface area contributed by atoms with Crippen molar-refractivity contribution in [2.24, 2.45) is 17.3 Å². The Bertz CT molecular complexity index is 473. The molecule has 0 aromatic carbocycles. The topological polar surface area (TPSA) is 60.9 Å². The highest BCUT2D eigenvalue weighted by molar-refractivity contribution is 5.79. The molecule has 5 heteroatoms. The molecule has 23 heavy (non-hydrogen) atoms. The zero-order valence-corrected chi connectivity index (χ0v) is 14.5. The molecule has 2 aliphatic carbocycles. The first-order valence-corrected chi connectivity index (χ1v) is 9.14. The van der Waals surface area contributed by atoms with Crippen LogP contribution in [0.1, 0.15) is 51.9 Å². The van der Waals surface area contributed by atoms with Gasteiger partial charge < -0.3 is 10.0 Å². The molecule has 0 aromatic rings. The number of carbonyl (C=O) groups is 2. The highest BCUT2D eigenvalue weighted by Gasteiger charge is 2.54. The maximum Gasteiger partial charge on any atom is 0.311 e. The smallest absolute Gasteiger partial charge is 0.311 e. The molecule has 1 amide bonds. The summed E-state index contributed by atoms with van der Waals surface area (Å²) in [4.78, 5) is 28.3. The first-order chi connectivity index (χ1) is 10.9. The Kier molecular flexibility index (Phi) is 4.68. The van der Waals surface area contributed by atoms with Crippen LogP contribution < -0.4 is 0 Å². The molecular formula is C18H30N2O3. The van der Waals surface area contributed by atoms with E-state index >= 15 is 0 Å². The van der Waals surface area contributed by atoms with Gasteiger partial charge in [-0.05, 0) is 50.4 Å². The summed E-state index contributed by atoms with van der Waals surface area (Å²) in [7, 11) is 1.92. The van der Waals surface area contributed by atoms with Gasteiger partial charge in [0.25, 0.3) is 0 Å². The number of likely N-dealkylation sites (tertiary alicyclic amines) is 1. The third-order valence-electron chi connectivity index (χ3n) is 6.65. The van der Waals surface area contributed by atoms with E-state index in [0.29, 0.717) is 19.1 Å². The van der Waals surface area contributed by atoms with Gasteiger partial charge in [-0.3, -0.25) is 14.5 Å². The van der Waals surface area contributed by atoms with E-state index in [1.807, 2.05) is 11.9 Å². The van der Waals surface area contributed by atoms with E-state index in [0.717, 1.165) is 44.6 Å². The molecule has 3 fully saturated rings. The molecule has 3 aliphatic rings. The fourth-order valence-corrected chi connectivity index (χ4v) is 5.00. The highest BCUT2D eigenvalue weighted by Crippen LogP contribution is 2.48. The van der Waals surface area contributed by atoms with Gasteiger partial charge in [-0.1, -0.05) is 13.3 Å². The first-order valence-electron chi connectivity index (χ1n) is 9.14. The van der Waals surface area contributed by atoms with Crippen LogP contribution >= 0.6 is 0 Å². The predicted octanol–water partition coefficient (Wildman–Crippen LogP) is 2.21. The van der Waals surface area contributed by atoms with Gasteiger partial charge in [0.2, 0.25) is 5.91 Å². The number of carboxylic acids is 1. The number of nitrogens with zero attached hydrogens (tertiary/aromatic N) is 2. The van der Waals surface area contributed by atoms with Crippen molar-refractivity contribution in [1.29, 1.82) is 0 Å². The van der Waals surface area contributed by atoms with Crippen molar-refractivity contribution >= 4 is 11.9 Å². The van der Waals surface area contributed by atoms with E-state index in [9.17, 15) is 14.7 Å². The van der Waals surface area contributed by atoms with Crippen LogP contribution in [0.15, 0.2) is 0 Å². The fraction of sp³-hybridized carbons (Fsp3) is 0.889. The van der Waals surface area contributed by atoms with Gasteiger partial charge in [0.15, 0.2) is 0 Å². The number of hydrogen-bond donors (Lipinski definition) is 1. The minimum Gasteiger partial charge on any atom is -0.481 e. The van der Waals surface area contributed by atoms with Crippen LogP contribution in [0.2, 0.25) is 0 Å². The second-order valence-electron chi connectivity index (χ2n) is 8.14. The van der Waals surface area contributed by atoms with Gasteiger partial charge in [0.05, 0.1) is 12.0 Å². The van der Waals surface area contributed by atoms with Crippen molar-refractivity contribution in [3.8, 4) is 0 Å². The van der Waals surface area contributed by atoms with Crippen LogP contribution in [0, 0.1) is 17.3 Å². The summed E-state index contributed by atoms with van der Waals surface area (Å²) in [6, 6.07) is 0.370. The van der Waals surface area contributed by atoms with Crippen molar-refractivity contribution < 1.29 is 14.7 Å². The second-order valence-corrected chi connectivity index (χ2v) is 8.14. The van der Waals surface area contributed by atoms with Gasteiger partial charge in [0.1, 0.15) is 0 Å². The lowest BCUT2D eigenvalue weighted by Gasteiger charge is -2.34. The van der Waals surface area contributed by atoms with Crippen LogP contribution in [-0.4, -0.2) is 59.5 Å². The number of carbonyl (C=O) groups excluding carboxylic acids is 1. The number of carboxylic acid groups (broad SMARTS) is 1. The zero-order valence-electron chi connectivity index (χ0n) is 14.5. The fourth-order valence-electron chi connectivity index (χ4n) is 5.00. The third-order valence-corrected chi connectivity index (χ3v) is 6.65. The second kappa shape index (κ2) is 6.42. The van der Waals surface area contributed by atoms with Crippen molar-refractivity contribution in [3.05, 3.63) is 0 Å². The molecule has 1 aliphatic heterocycles. The third kappa shape index (κ3) is 3.12. The normalized spacial score (nSPS) is 37.6. The Hall–Kier alpha value is -1.10. The van der Waals surface area contributed by atoms with Crippen molar-refractivity contribution in [2.45, 2.75) is 57.9 Å². The summed E-state index contributed by atoms with van der Waals surface area (Å²) >= 11 is 0. The first kappa shape index (κ1) is 16.7. The van der Waals surface area contributed by atoms with Crippen LogP contribution in [0.25, 0.3) is 0 Å². The van der Waals surface area contributed by atoms with Gasteiger partial charge in [0, 0.05) is 26.2 Å². The molecule has 2 atom stereocenters. The molecule has 1 N–H and O–H groups in total. The van der Waals surface area contributed by atoms with Crippen molar-refractivity contribution in [3.63, 3.8) is 0 Å². The van der Waals surface area contributed by atoms with E-state index in [4.69, 9.17) is 0 Å². The largest absolute Gasteiger partial charge is 0.481 e. The Morgan fingerprint density at radius 1 is 1.22 bits per heavy atom. The van der Waals surface area contributed by atoms with Crippen LogP contribution in [0.3, 0.4) is 0 Å². The molecule has 3 rings (SSSR count). The predicted molar refractivity (Wildman–Crippen MR) is 88.0 cm³/mol. The monoisotopic (exact) mass is 322 g/mol. The number of amides is 1. The quantitative estimate of drug-likeness (QED) is 0.862. The van der Waals surface area contributed by atoms with Gasteiger partial charge in [-0.15, -0.1) is 0 Å². The number of rotatable bonds is 4. The Labute approximate surface area is 139 Å². The molecule has 2 saturated carbocycles. The SMILES string of the molecule is CC1CCC(N(C)C(=O)CN2C[C@@H]3CCC[C@@]3(C(=O)O)C2)CC1. The maximum absolute atomic E-state index is 12.6. The molecule has 0 aromatic heterocycles. The average molecular weight is 322 g/mol. The van der Waals surface area contributed by atoms with Crippen LogP contribution in [0.5, 0.6) is 0 Å². The van der Waals surface area contributed by atoms with Gasteiger partial charge in [-0.25, -0.2) is 0 Å². The van der Waals surface area contributed by atoms with Crippen LogP contribution in [0.4, 0.5) is 0 Å². The van der Waals surface area contributed by atoms with E-state index < -0.39 is 11.4 Å². The molecule has 1 saturated heterocycles. The Morgan fingerprint density at radius 3 is 2.52 bits per heavy atom. The molecule has 0 radical (unpaired) electrons. The van der Waals surface area contributed by atoms with Crippen molar-refractivity contribution in [1.82, 2.24) is 9.80 Å². The van der Waals surface area contributed by atoms with E-state index in [1.165, 1.54) is 12.8 Å². The van der Waals surface area contributed by atoms with Crippen LogP contribution in [-0.2, 0) is 9.59 Å². The Morgan fingerprint density at radius 2 is 1.91 bits per heavy atom. The summed E-state index contributed by atoms with van der Waals surface area (Å²) < 4.78 is 0. The van der Waals surface area contributed by atoms with Gasteiger partial charge >= 0.3 is 5.97 Å². The number of hydrogen-bond acceptors (Lipinski definition) is 3. The maximum atomic E-state index is 12.6. The van der Waals surface area contributed by atoms with Gasteiger partial charge in [-0.2, -0.15) is 0 Å². The minimum absolute atomic E-state index is 0.157.